The lowest BCUT2D eigenvalue weighted by Gasteiger charge is -2.33. The summed E-state index contributed by atoms with van der Waals surface area (Å²) in [5, 5.41) is 3.40. The molecule has 2 amide bonds. The molecule has 0 unspecified atom stereocenters. The van der Waals surface area contributed by atoms with Crippen LogP contribution >= 0.6 is 11.6 Å². The minimum atomic E-state index is -0.263. The van der Waals surface area contributed by atoms with Gasteiger partial charge in [-0.1, -0.05) is 48.0 Å². The van der Waals surface area contributed by atoms with Crippen LogP contribution in [-0.4, -0.2) is 34.8 Å². The Morgan fingerprint density at radius 1 is 1.10 bits per heavy atom. The van der Waals surface area contributed by atoms with Gasteiger partial charge in [-0.3, -0.25) is 9.59 Å². The van der Waals surface area contributed by atoms with Crippen molar-refractivity contribution in [2.24, 2.45) is 0 Å². The van der Waals surface area contributed by atoms with Gasteiger partial charge in [-0.15, -0.1) is 0 Å². The number of halogens is 1. The number of oxazole rings is 1. The maximum Gasteiger partial charge on any atom is 0.251 e. The molecule has 4 rings (SSSR count). The lowest BCUT2D eigenvalue weighted by atomic mass is 10.0. The number of benzene rings is 2. The van der Waals surface area contributed by atoms with Gasteiger partial charge in [0.05, 0.1) is 12.7 Å². The number of hydrogen-bond donors (Lipinski definition) is 1. The van der Waals surface area contributed by atoms with Crippen LogP contribution in [0.1, 0.15) is 52.9 Å². The summed E-state index contributed by atoms with van der Waals surface area (Å²) < 4.78 is 6.01. The Morgan fingerprint density at radius 3 is 2.68 bits per heavy atom. The van der Waals surface area contributed by atoms with E-state index in [2.05, 4.69) is 10.3 Å². The van der Waals surface area contributed by atoms with Gasteiger partial charge in [0, 0.05) is 23.6 Å². The van der Waals surface area contributed by atoms with Gasteiger partial charge in [-0.05, 0) is 43.0 Å². The predicted molar refractivity (Wildman–Crippen MR) is 118 cm³/mol. The quantitative estimate of drug-likeness (QED) is 0.620. The number of piperidine rings is 1. The van der Waals surface area contributed by atoms with Gasteiger partial charge < -0.3 is 14.6 Å². The average Bonchev–Trinajstić information content (AvgIpc) is 3.28. The van der Waals surface area contributed by atoms with E-state index in [1.165, 1.54) is 0 Å². The number of carbonyl (C=O) groups is 2. The molecule has 1 aromatic heterocycles. The molecule has 1 atom stereocenters. The van der Waals surface area contributed by atoms with Crippen LogP contribution in [0.25, 0.3) is 0 Å². The first-order chi connectivity index (χ1) is 15.1. The highest BCUT2D eigenvalue weighted by Gasteiger charge is 2.31. The molecule has 31 heavy (non-hydrogen) atoms. The van der Waals surface area contributed by atoms with E-state index in [1.54, 1.807) is 35.4 Å². The molecular weight excluding hydrogens is 414 g/mol. The second-order valence-electron chi connectivity index (χ2n) is 7.58. The highest BCUT2D eigenvalue weighted by atomic mass is 35.5. The highest BCUT2D eigenvalue weighted by molar-refractivity contribution is 6.31. The van der Waals surface area contributed by atoms with Crippen molar-refractivity contribution in [2.75, 3.05) is 13.1 Å². The van der Waals surface area contributed by atoms with E-state index in [-0.39, 0.29) is 24.4 Å². The lowest BCUT2D eigenvalue weighted by molar-refractivity contribution is -0.134. The Kier molecular flexibility index (Phi) is 6.67. The summed E-state index contributed by atoms with van der Waals surface area (Å²) in [4.78, 5) is 31.4. The number of nitrogens with one attached hydrogen (secondary N) is 1. The molecule has 1 aliphatic heterocycles. The van der Waals surface area contributed by atoms with Crippen molar-refractivity contribution in [3.05, 3.63) is 88.6 Å². The number of aromatic nitrogens is 1. The topological polar surface area (TPSA) is 75.4 Å². The van der Waals surface area contributed by atoms with Crippen molar-refractivity contribution in [1.82, 2.24) is 15.2 Å². The molecule has 1 saturated heterocycles. The molecule has 0 aliphatic carbocycles. The van der Waals surface area contributed by atoms with Gasteiger partial charge in [-0.2, -0.15) is 0 Å². The molecule has 160 valence electrons. The van der Waals surface area contributed by atoms with Crippen LogP contribution in [0.4, 0.5) is 0 Å². The maximum absolute atomic E-state index is 12.9. The van der Waals surface area contributed by atoms with Crippen molar-refractivity contribution < 1.29 is 14.0 Å². The van der Waals surface area contributed by atoms with Crippen LogP contribution in [-0.2, 0) is 11.2 Å². The van der Waals surface area contributed by atoms with Crippen molar-refractivity contribution in [3.63, 3.8) is 0 Å². The van der Waals surface area contributed by atoms with Crippen LogP contribution < -0.4 is 5.32 Å². The smallest absolute Gasteiger partial charge is 0.251 e. The fourth-order valence-electron chi connectivity index (χ4n) is 3.82. The zero-order valence-electron chi connectivity index (χ0n) is 17.1. The first kappa shape index (κ1) is 21.1. The second-order valence-corrected chi connectivity index (χ2v) is 7.99. The van der Waals surface area contributed by atoms with E-state index < -0.39 is 0 Å². The summed E-state index contributed by atoms with van der Waals surface area (Å²) in [7, 11) is 0. The molecule has 6 nitrogen and oxygen atoms in total. The molecule has 2 aromatic carbocycles. The molecule has 0 spiro atoms. The third-order valence-corrected chi connectivity index (χ3v) is 5.81. The van der Waals surface area contributed by atoms with Crippen molar-refractivity contribution in [1.29, 1.82) is 0 Å². The Hall–Kier alpha value is -3.12. The fourth-order valence-corrected chi connectivity index (χ4v) is 4.03. The van der Waals surface area contributed by atoms with Gasteiger partial charge in [0.25, 0.3) is 5.91 Å². The van der Waals surface area contributed by atoms with E-state index in [1.807, 2.05) is 30.3 Å². The number of rotatable bonds is 6. The molecular formula is C24H24ClN3O3. The number of likely N-dealkylation sites (tertiary alicyclic amines) is 1. The van der Waals surface area contributed by atoms with Crippen molar-refractivity contribution in [2.45, 2.75) is 31.7 Å². The molecule has 3 aromatic rings. The predicted octanol–water partition coefficient (Wildman–Crippen LogP) is 4.40. The van der Waals surface area contributed by atoms with E-state index in [4.69, 9.17) is 16.0 Å². The molecule has 1 aliphatic rings. The molecule has 2 heterocycles. The van der Waals surface area contributed by atoms with Gasteiger partial charge in [0.15, 0.2) is 0 Å². The van der Waals surface area contributed by atoms with Gasteiger partial charge in [0.2, 0.25) is 11.8 Å². The first-order valence-electron chi connectivity index (χ1n) is 10.4. The molecule has 1 fully saturated rings. The number of amides is 2. The summed E-state index contributed by atoms with van der Waals surface area (Å²) in [6.45, 7) is 0.560. The number of hydrogen-bond acceptors (Lipinski definition) is 4. The van der Waals surface area contributed by atoms with Crippen molar-refractivity contribution >= 4 is 23.4 Å². The lowest BCUT2D eigenvalue weighted by Crippen LogP contribution is -2.44. The molecule has 1 N–H and O–H groups in total. The van der Waals surface area contributed by atoms with Gasteiger partial charge in [0.1, 0.15) is 11.8 Å². The minimum absolute atomic E-state index is 0.0581. The average molecular weight is 438 g/mol. The SMILES string of the molecule is O=C(NCC(=O)N1CCCC[C@@H]1c1ncc(Cc2ccccc2Cl)o1)c1ccccc1. The fraction of sp³-hybridized carbons (Fsp3) is 0.292. The summed E-state index contributed by atoms with van der Waals surface area (Å²) in [6.07, 6.45) is 4.94. The van der Waals surface area contributed by atoms with E-state index >= 15 is 0 Å². The van der Waals surface area contributed by atoms with E-state index in [0.717, 1.165) is 24.8 Å². The van der Waals surface area contributed by atoms with Gasteiger partial charge in [-0.25, -0.2) is 4.98 Å². The Morgan fingerprint density at radius 2 is 1.87 bits per heavy atom. The first-order valence-corrected chi connectivity index (χ1v) is 10.8. The largest absolute Gasteiger partial charge is 0.443 e. The summed E-state index contributed by atoms with van der Waals surface area (Å²) in [6, 6.07) is 16.3. The van der Waals surface area contributed by atoms with E-state index in [9.17, 15) is 9.59 Å². The third kappa shape index (κ3) is 5.14. The van der Waals surface area contributed by atoms with Crippen LogP contribution in [0.2, 0.25) is 5.02 Å². The zero-order valence-corrected chi connectivity index (χ0v) is 17.8. The summed E-state index contributed by atoms with van der Waals surface area (Å²) in [5.41, 5.74) is 1.49. The van der Waals surface area contributed by atoms with Crippen LogP contribution in [0, 0.1) is 0 Å². The minimum Gasteiger partial charge on any atom is -0.443 e. The Labute approximate surface area is 186 Å². The second kappa shape index (κ2) is 9.79. The van der Waals surface area contributed by atoms with Crippen LogP contribution in [0.5, 0.6) is 0 Å². The van der Waals surface area contributed by atoms with Crippen LogP contribution in [0.3, 0.4) is 0 Å². The highest BCUT2D eigenvalue weighted by Crippen LogP contribution is 2.31. The maximum atomic E-state index is 12.9. The Balaban J connectivity index is 1.41. The number of nitrogens with zero attached hydrogens (tertiary/aromatic N) is 2. The molecule has 0 saturated carbocycles. The monoisotopic (exact) mass is 437 g/mol. The Bertz CT molecular complexity index is 1050. The summed E-state index contributed by atoms with van der Waals surface area (Å²) >= 11 is 6.25. The third-order valence-electron chi connectivity index (χ3n) is 5.44. The number of carbonyl (C=O) groups excluding carboxylic acids is 2. The summed E-state index contributed by atoms with van der Waals surface area (Å²) in [5.74, 6) is 0.837. The van der Waals surface area contributed by atoms with Gasteiger partial charge >= 0.3 is 0 Å². The van der Waals surface area contributed by atoms with Crippen LogP contribution in [0.15, 0.2) is 65.2 Å². The van der Waals surface area contributed by atoms with Crippen molar-refractivity contribution in [3.8, 4) is 0 Å². The standard InChI is InChI=1S/C24H24ClN3O3/c25-20-11-5-4-10-18(20)14-19-15-27-24(31-19)21-12-6-7-13-28(21)22(29)16-26-23(30)17-8-2-1-3-9-17/h1-5,8-11,15,21H,6-7,12-14,16H2,(H,26,30)/t21-/m1/s1. The molecule has 0 radical (unpaired) electrons. The molecule has 7 heteroatoms. The normalized spacial score (nSPS) is 16.2. The zero-order chi connectivity index (χ0) is 21.6. The molecule has 0 bridgehead atoms. The van der Waals surface area contributed by atoms with E-state index in [0.29, 0.717) is 35.2 Å².